The molecule has 0 unspecified atom stereocenters. The van der Waals surface area contributed by atoms with Gasteiger partial charge in [0.2, 0.25) is 0 Å². The fourth-order valence-electron chi connectivity index (χ4n) is 4.63. The molecular formula is C34H29CoN5. The minimum absolute atomic E-state index is 0. The largest absolute Gasteiger partial charge is 0.399 e. The van der Waals surface area contributed by atoms with Crippen molar-refractivity contribution >= 4 is 52.1 Å². The molecule has 6 heteroatoms. The van der Waals surface area contributed by atoms with Crippen molar-refractivity contribution in [1.29, 1.82) is 0 Å². The number of rotatable bonds is 3. The van der Waals surface area contributed by atoms with E-state index >= 15 is 0 Å². The molecule has 2 aliphatic heterocycles. The van der Waals surface area contributed by atoms with E-state index in [2.05, 4.69) is 80.6 Å². The summed E-state index contributed by atoms with van der Waals surface area (Å²) >= 11 is 0. The van der Waals surface area contributed by atoms with Gasteiger partial charge in [-0.1, -0.05) is 48.5 Å². The molecule has 0 amide bonds. The smallest absolute Gasteiger partial charge is 0.0659 e. The number of benzene rings is 2. The van der Waals surface area contributed by atoms with Gasteiger partial charge >= 0.3 is 0 Å². The maximum absolute atomic E-state index is 5.88. The van der Waals surface area contributed by atoms with Gasteiger partial charge in [-0.3, -0.25) is 0 Å². The van der Waals surface area contributed by atoms with Gasteiger partial charge in [-0.05, 0) is 103 Å². The Labute approximate surface area is 243 Å². The average Bonchev–Trinajstić information content (AvgIpc) is 3.76. The number of nitrogens with zero attached hydrogens (tertiary/aromatic N) is 2. The van der Waals surface area contributed by atoms with Crippen LogP contribution in [0.4, 0.5) is 5.69 Å². The molecule has 1 radical (unpaired) electrons. The van der Waals surface area contributed by atoms with E-state index in [1.807, 2.05) is 66.8 Å². The SMILES string of the molecule is C1=Cc2cc3ccc(cc4ccc(cc5nc(cc1n2)C=C5)[nH]4)[nH]3.Nc1ccccc1CCc1ccccc1.[Co]. The van der Waals surface area contributed by atoms with Gasteiger partial charge in [-0.25, -0.2) is 9.97 Å². The maximum atomic E-state index is 5.88. The van der Waals surface area contributed by atoms with Gasteiger partial charge in [0.05, 0.1) is 22.8 Å². The Morgan fingerprint density at radius 2 is 0.975 bits per heavy atom. The summed E-state index contributed by atoms with van der Waals surface area (Å²) in [6.07, 6.45) is 10.1. The predicted molar refractivity (Wildman–Crippen MR) is 164 cm³/mol. The van der Waals surface area contributed by atoms with E-state index in [0.29, 0.717) is 0 Å². The van der Waals surface area contributed by atoms with Crippen molar-refractivity contribution in [2.45, 2.75) is 12.8 Å². The second kappa shape index (κ2) is 12.5. The Morgan fingerprint density at radius 1 is 0.500 bits per heavy atom. The van der Waals surface area contributed by atoms with Gasteiger partial charge in [0, 0.05) is 44.5 Å². The van der Waals surface area contributed by atoms with Gasteiger partial charge in [0.1, 0.15) is 0 Å². The van der Waals surface area contributed by atoms with Crippen LogP contribution in [0.15, 0.2) is 103 Å². The van der Waals surface area contributed by atoms with Crippen LogP contribution in [0.3, 0.4) is 0 Å². The van der Waals surface area contributed by atoms with Crippen molar-refractivity contribution in [3.05, 3.63) is 137 Å². The molecule has 40 heavy (non-hydrogen) atoms. The molecule has 0 atom stereocenters. The topological polar surface area (TPSA) is 83.4 Å². The quantitative estimate of drug-likeness (QED) is 0.192. The van der Waals surface area contributed by atoms with Crippen LogP contribution < -0.4 is 5.73 Å². The molecule has 3 aromatic heterocycles. The van der Waals surface area contributed by atoms with E-state index in [4.69, 9.17) is 5.73 Å². The zero-order valence-corrected chi connectivity index (χ0v) is 22.9. The molecule has 0 saturated heterocycles. The first-order valence-electron chi connectivity index (χ1n) is 13.1. The Bertz CT molecular complexity index is 1740. The summed E-state index contributed by atoms with van der Waals surface area (Å²) in [5.41, 5.74) is 17.2. The molecule has 0 fully saturated rings. The van der Waals surface area contributed by atoms with Crippen LogP contribution in [-0.2, 0) is 29.6 Å². The second-order valence-electron chi connectivity index (χ2n) is 9.59. The minimum atomic E-state index is 0. The Kier molecular flexibility index (Phi) is 8.40. The van der Waals surface area contributed by atoms with E-state index < -0.39 is 0 Å². The Morgan fingerprint density at radius 3 is 1.52 bits per heavy atom. The van der Waals surface area contributed by atoms with Crippen molar-refractivity contribution in [2.75, 3.05) is 5.73 Å². The van der Waals surface area contributed by atoms with Crippen LogP contribution in [0.1, 0.15) is 33.9 Å². The molecule has 0 aliphatic carbocycles. The molecular weight excluding hydrogens is 537 g/mol. The number of hydrogen-bond donors (Lipinski definition) is 3. The van der Waals surface area contributed by atoms with Gasteiger partial charge in [-0.2, -0.15) is 0 Å². The van der Waals surface area contributed by atoms with Gasteiger partial charge in [0.25, 0.3) is 0 Å². The second-order valence-corrected chi connectivity index (χ2v) is 9.59. The molecule has 2 aromatic carbocycles. The molecule has 199 valence electrons. The predicted octanol–water partition coefficient (Wildman–Crippen LogP) is 7.71. The molecule has 2 aliphatic rings. The molecule has 5 heterocycles. The van der Waals surface area contributed by atoms with Crippen LogP contribution in [0, 0.1) is 0 Å². The maximum Gasteiger partial charge on any atom is 0.0659 e. The van der Waals surface area contributed by atoms with E-state index in [0.717, 1.165) is 63.4 Å². The van der Waals surface area contributed by atoms with Crippen LogP contribution in [0.5, 0.6) is 0 Å². The summed E-state index contributed by atoms with van der Waals surface area (Å²) < 4.78 is 0. The first-order valence-corrected chi connectivity index (χ1v) is 13.1. The average molecular weight is 567 g/mol. The third-order valence-corrected chi connectivity index (χ3v) is 6.62. The zero-order chi connectivity index (χ0) is 26.4. The van der Waals surface area contributed by atoms with Gasteiger partial charge in [0.15, 0.2) is 0 Å². The number of aromatic nitrogens is 4. The number of nitrogens with one attached hydrogen (secondary N) is 2. The number of nitrogen functional groups attached to an aromatic ring is 1. The Hall–Kier alpha value is -4.65. The van der Waals surface area contributed by atoms with E-state index in [-0.39, 0.29) is 16.8 Å². The van der Waals surface area contributed by atoms with Crippen LogP contribution in [-0.4, -0.2) is 19.9 Å². The molecule has 7 rings (SSSR count). The summed E-state index contributed by atoms with van der Waals surface area (Å²) in [6.45, 7) is 0. The summed E-state index contributed by atoms with van der Waals surface area (Å²) in [5.74, 6) is 0. The molecule has 8 bridgehead atoms. The van der Waals surface area contributed by atoms with Gasteiger partial charge < -0.3 is 15.7 Å². The number of hydrogen-bond acceptors (Lipinski definition) is 3. The number of anilines is 1. The summed E-state index contributed by atoms with van der Waals surface area (Å²) in [4.78, 5) is 16.0. The van der Waals surface area contributed by atoms with Crippen LogP contribution in [0.25, 0.3) is 46.4 Å². The van der Waals surface area contributed by atoms with Gasteiger partial charge in [-0.15, -0.1) is 0 Å². The minimum Gasteiger partial charge on any atom is -0.399 e. The monoisotopic (exact) mass is 566 g/mol. The number of para-hydroxylation sites is 1. The zero-order valence-electron chi connectivity index (χ0n) is 21.8. The third kappa shape index (κ3) is 6.85. The molecule has 5 nitrogen and oxygen atoms in total. The number of fused-ring (bicyclic) bond motifs is 8. The third-order valence-electron chi connectivity index (χ3n) is 6.62. The first kappa shape index (κ1) is 26.9. The summed E-state index contributed by atoms with van der Waals surface area (Å²) in [5, 5.41) is 0. The molecule has 0 spiro atoms. The van der Waals surface area contributed by atoms with Crippen molar-refractivity contribution in [1.82, 2.24) is 19.9 Å². The molecule has 5 aromatic rings. The fraction of sp³-hybridized carbons (Fsp3) is 0.0588. The summed E-state index contributed by atoms with van der Waals surface area (Å²) in [6, 6.07) is 35.0. The number of nitrogens with two attached hydrogens (primary N) is 1. The standard InChI is InChI=1S/C20H14N4.C14H15N.Co/c1-2-14-10-16-5-6-18(23-16)12-20-8-7-19(24-20)11-17-4-3-15(22-17)9-13(1)21-14;15-14-9-5-4-8-13(14)11-10-12-6-2-1-3-7-12;/h1-12,21-22H;1-9H,10-11,15H2;. The number of aryl methyl sites for hydroxylation is 2. The van der Waals surface area contributed by atoms with Crippen molar-refractivity contribution in [3.63, 3.8) is 0 Å². The fourth-order valence-corrected chi connectivity index (χ4v) is 4.63. The summed E-state index contributed by atoms with van der Waals surface area (Å²) in [7, 11) is 0. The van der Waals surface area contributed by atoms with Crippen molar-refractivity contribution < 1.29 is 16.8 Å². The van der Waals surface area contributed by atoms with Crippen molar-refractivity contribution in [3.8, 4) is 0 Å². The normalized spacial score (nSPS) is 11.4. The van der Waals surface area contributed by atoms with Crippen LogP contribution in [0.2, 0.25) is 0 Å². The molecule has 4 N–H and O–H groups in total. The Balaban J connectivity index is 0.000000175. The molecule has 0 saturated carbocycles. The van der Waals surface area contributed by atoms with E-state index in [1.54, 1.807) is 0 Å². The number of H-pyrrole nitrogens is 2. The van der Waals surface area contributed by atoms with E-state index in [9.17, 15) is 0 Å². The van der Waals surface area contributed by atoms with E-state index in [1.165, 1.54) is 11.1 Å². The first-order chi connectivity index (χ1) is 19.2. The van der Waals surface area contributed by atoms with Crippen LogP contribution >= 0.6 is 0 Å². The number of aromatic amines is 2. The van der Waals surface area contributed by atoms with Crippen molar-refractivity contribution in [2.24, 2.45) is 0 Å².